The average Bonchev–Trinajstić information content (AvgIpc) is 2.03. The van der Waals surface area contributed by atoms with Crippen LogP contribution >= 0.6 is 0 Å². The lowest BCUT2D eigenvalue weighted by atomic mass is 10.2. The van der Waals surface area contributed by atoms with Gasteiger partial charge in [-0.25, -0.2) is 4.21 Å². The van der Waals surface area contributed by atoms with Gasteiger partial charge in [0.2, 0.25) is 11.1 Å². The summed E-state index contributed by atoms with van der Waals surface area (Å²) >= 11 is -2.03. The molecule has 0 radical (unpaired) electrons. The normalized spacial score (nSPS) is 11.4. The van der Waals surface area contributed by atoms with Crippen molar-refractivity contribution in [1.82, 2.24) is 0 Å². The molecule has 56 valence electrons. The minimum atomic E-state index is -2.03. The number of hydrogen-bond donors (Lipinski definition) is 1. The van der Waals surface area contributed by atoms with Crippen molar-refractivity contribution in [3.05, 3.63) is 35.9 Å². The summed E-state index contributed by atoms with van der Waals surface area (Å²) in [5, 5.41) is 2.14. The number of rotatable bonds is 0. The van der Waals surface area contributed by atoms with Gasteiger partial charge >= 0.3 is 0 Å². The van der Waals surface area contributed by atoms with Gasteiger partial charge in [0.25, 0.3) is 0 Å². The van der Waals surface area contributed by atoms with Crippen LogP contribution in [0, 0.1) is 11.2 Å². The molecule has 0 aliphatic heterocycles. The van der Waals surface area contributed by atoms with Crippen LogP contribution in [0.4, 0.5) is 0 Å². The van der Waals surface area contributed by atoms with Crippen molar-refractivity contribution in [2.45, 2.75) is 0 Å². The van der Waals surface area contributed by atoms with Crippen molar-refractivity contribution >= 4 is 11.1 Å². The highest BCUT2D eigenvalue weighted by Crippen LogP contribution is 1.94. The van der Waals surface area contributed by atoms with Gasteiger partial charge in [-0.3, -0.25) is 4.55 Å². The lowest BCUT2D eigenvalue weighted by Gasteiger charge is -1.84. The quantitative estimate of drug-likeness (QED) is 0.464. The van der Waals surface area contributed by atoms with Gasteiger partial charge in [-0.1, -0.05) is 24.1 Å². The highest BCUT2D eigenvalue weighted by atomic mass is 32.2. The Bertz CT molecular complexity index is 308. The van der Waals surface area contributed by atoms with Gasteiger partial charge in [0.05, 0.1) is 0 Å². The molecule has 1 N–H and O–H groups in total. The predicted octanol–water partition coefficient (Wildman–Crippen LogP) is 1.22. The van der Waals surface area contributed by atoms with Gasteiger partial charge in [-0.15, -0.1) is 0 Å². The van der Waals surface area contributed by atoms with E-state index in [9.17, 15) is 4.21 Å². The molecule has 1 aromatic rings. The van der Waals surface area contributed by atoms with E-state index in [-0.39, 0.29) is 0 Å². The van der Waals surface area contributed by atoms with E-state index in [0.717, 1.165) is 5.56 Å². The summed E-state index contributed by atoms with van der Waals surface area (Å²) in [4.78, 5) is 0. The summed E-state index contributed by atoms with van der Waals surface area (Å²) < 4.78 is 18.4. The smallest absolute Gasteiger partial charge is 0.234 e. The van der Waals surface area contributed by atoms with Crippen LogP contribution in [0.1, 0.15) is 5.56 Å². The van der Waals surface area contributed by atoms with Gasteiger partial charge in [-0.2, -0.15) is 0 Å². The van der Waals surface area contributed by atoms with Crippen LogP contribution < -0.4 is 0 Å². The van der Waals surface area contributed by atoms with E-state index < -0.39 is 11.1 Å². The van der Waals surface area contributed by atoms with Gasteiger partial charge < -0.3 is 0 Å². The van der Waals surface area contributed by atoms with Crippen LogP contribution in [0.5, 0.6) is 0 Å². The molecule has 1 rings (SSSR count). The fraction of sp³-hybridized carbons (Fsp3) is 0. The van der Waals surface area contributed by atoms with Crippen molar-refractivity contribution in [3.8, 4) is 11.2 Å². The van der Waals surface area contributed by atoms with Crippen molar-refractivity contribution in [2.75, 3.05) is 0 Å². The Hall–Kier alpha value is -1.11. The Morgan fingerprint density at radius 3 is 2.45 bits per heavy atom. The maximum Gasteiger partial charge on any atom is 0.234 e. The van der Waals surface area contributed by atoms with Crippen molar-refractivity contribution in [3.63, 3.8) is 0 Å². The topological polar surface area (TPSA) is 37.3 Å². The third kappa shape index (κ3) is 2.99. The fourth-order valence-corrected chi connectivity index (χ4v) is 0.829. The second-order valence-electron chi connectivity index (χ2n) is 1.84. The Kier molecular flexibility index (Phi) is 2.84. The van der Waals surface area contributed by atoms with Crippen LogP contribution in [0.2, 0.25) is 0 Å². The zero-order valence-corrected chi connectivity index (χ0v) is 6.47. The molecule has 0 spiro atoms. The van der Waals surface area contributed by atoms with Crippen LogP contribution in [-0.2, 0) is 11.1 Å². The molecular formula is C8H6O2S. The third-order valence-electron chi connectivity index (χ3n) is 1.06. The summed E-state index contributed by atoms with van der Waals surface area (Å²) in [6.07, 6.45) is 0. The second-order valence-corrected chi connectivity index (χ2v) is 2.54. The van der Waals surface area contributed by atoms with E-state index in [1.54, 1.807) is 12.1 Å². The van der Waals surface area contributed by atoms with E-state index >= 15 is 0 Å². The lowest BCUT2D eigenvalue weighted by molar-refractivity contribution is 0.576. The minimum Gasteiger partial charge on any atom is -0.296 e. The first kappa shape index (κ1) is 7.99. The first-order chi connectivity index (χ1) is 5.29. The zero-order chi connectivity index (χ0) is 8.10. The molecule has 0 aliphatic rings. The Morgan fingerprint density at radius 2 is 1.91 bits per heavy atom. The molecule has 1 atom stereocenters. The predicted molar refractivity (Wildman–Crippen MR) is 44.1 cm³/mol. The van der Waals surface area contributed by atoms with Gasteiger partial charge in [-0.05, 0) is 12.1 Å². The van der Waals surface area contributed by atoms with Gasteiger partial charge in [0.15, 0.2) is 0 Å². The lowest BCUT2D eigenvalue weighted by Crippen LogP contribution is -1.78. The molecule has 0 saturated heterocycles. The molecule has 11 heavy (non-hydrogen) atoms. The molecule has 0 heterocycles. The fourth-order valence-electron chi connectivity index (χ4n) is 0.624. The van der Waals surface area contributed by atoms with Crippen LogP contribution in [0.3, 0.4) is 0 Å². The molecule has 0 saturated carbocycles. The second kappa shape index (κ2) is 3.91. The number of hydrogen-bond acceptors (Lipinski definition) is 1. The molecule has 0 amide bonds. The standard InChI is InChI=1S/C8H6O2S/c9-11(10)7-6-8-4-2-1-3-5-8/h1-5H,(H,9,10). The van der Waals surface area contributed by atoms with E-state index in [2.05, 4.69) is 11.2 Å². The molecular weight excluding hydrogens is 160 g/mol. The highest BCUT2D eigenvalue weighted by molar-refractivity contribution is 7.84. The third-order valence-corrected chi connectivity index (χ3v) is 1.33. The van der Waals surface area contributed by atoms with Gasteiger partial charge in [0, 0.05) is 10.8 Å². The first-order valence-electron chi connectivity index (χ1n) is 2.96. The molecule has 0 bridgehead atoms. The van der Waals surface area contributed by atoms with Crippen LogP contribution in [0.25, 0.3) is 0 Å². The maximum atomic E-state index is 10.1. The molecule has 3 heteroatoms. The maximum absolute atomic E-state index is 10.1. The monoisotopic (exact) mass is 166 g/mol. The molecule has 1 unspecified atom stereocenters. The summed E-state index contributed by atoms with van der Waals surface area (Å²) in [5.41, 5.74) is 0.745. The Morgan fingerprint density at radius 1 is 1.27 bits per heavy atom. The molecule has 0 aromatic heterocycles. The van der Waals surface area contributed by atoms with Crippen LogP contribution in [-0.4, -0.2) is 8.76 Å². The Labute approximate surface area is 67.5 Å². The van der Waals surface area contributed by atoms with Crippen molar-refractivity contribution in [2.24, 2.45) is 0 Å². The first-order valence-corrected chi connectivity index (χ1v) is 4.07. The summed E-state index contributed by atoms with van der Waals surface area (Å²) in [7, 11) is 0. The highest BCUT2D eigenvalue weighted by Gasteiger charge is 1.82. The summed E-state index contributed by atoms with van der Waals surface area (Å²) in [6, 6.07) is 9.06. The van der Waals surface area contributed by atoms with Crippen molar-refractivity contribution < 1.29 is 8.76 Å². The summed E-state index contributed by atoms with van der Waals surface area (Å²) in [6.45, 7) is 0. The summed E-state index contributed by atoms with van der Waals surface area (Å²) in [5.74, 6) is 2.54. The Balaban J connectivity index is 2.83. The molecule has 1 aromatic carbocycles. The van der Waals surface area contributed by atoms with Crippen LogP contribution in [0.15, 0.2) is 30.3 Å². The zero-order valence-electron chi connectivity index (χ0n) is 5.65. The molecule has 0 fully saturated rings. The van der Waals surface area contributed by atoms with E-state index in [1.165, 1.54) is 0 Å². The minimum absolute atomic E-state index is 0.745. The SMILES string of the molecule is O=S(O)C#Cc1ccccc1. The van der Waals surface area contributed by atoms with E-state index in [0.29, 0.717) is 0 Å². The van der Waals surface area contributed by atoms with Gasteiger partial charge in [0.1, 0.15) is 0 Å². The molecule has 2 nitrogen and oxygen atoms in total. The number of benzene rings is 1. The average molecular weight is 166 g/mol. The van der Waals surface area contributed by atoms with E-state index in [1.807, 2.05) is 18.2 Å². The van der Waals surface area contributed by atoms with Crippen molar-refractivity contribution in [1.29, 1.82) is 0 Å². The van der Waals surface area contributed by atoms with E-state index in [4.69, 9.17) is 4.55 Å². The largest absolute Gasteiger partial charge is 0.296 e. The molecule has 0 aliphatic carbocycles.